The third-order valence-corrected chi connectivity index (χ3v) is 9.25. The van der Waals surface area contributed by atoms with E-state index in [1.165, 1.54) is 4.90 Å². The number of aliphatic carboxylic acids is 3. The van der Waals surface area contributed by atoms with Crippen molar-refractivity contribution >= 4 is 41.3 Å². The molecule has 0 aliphatic carbocycles. The number of nitrogens with two attached hydrogens (primary N) is 2. The van der Waals surface area contributed by atoms with Gasteiger partial charge < -0.3 is 52.0 Å². The van der Waals surface area contributed by atoms with Gasteiger partial charge in [-0.3, -0.25) is 14.4 Å². The Morgan fingerprint density at radius 1 is 0.824 bits per heavy atom. The molecule has 0 aliphatic heterocycles. The average molecular weight is 976 g/mol. The molecule has 4 aromatic rings. The lowest BCUT2D eigenvalue weighted by molar-refractivity contribution is -0.193. The molecule has 3 atom stereocenters. The van der Waals surface area contributed by atoms with Crippen molar-refractivity contribution in [2.75, 3.05) is 25.4 Å². The number of carboxylic acid groups (broad SMARTS) is 3. The maximum absolute atomic E-state index is 15.0. The zero-order valence-electron chi connectivity index (χ0n) is 36.4. The Morgan fingerprint density at radius 3 is 1.88 bits per heavy atom. The molecule has 0 bridgehead atoms. The van der Waals surface area contributed by atoms with Gasteiger partial charge in [0, 0.05) is 49.9 Å². The first-order valence-electron chi connectivity index (χ1n) is 19.9. The van der Waals surface area contributed by atoms with Crippen molar-refractivity contribution in [3.8, 4) is 11.3 Å². The first-order chi connectivity index (χ1) is 31.5. The summed E-state index contributed by atoms with van der Waals surface area (Å²) in [7, 11) is 0. The summed E-state index contributed by atoms with van der Waals surface area (Å²) in [5.74, 6) is -9.60. The van der Waals surface area contributed by atoms with E-state index in [-0.39, 0.29) is 50.2 Å². The van der Waals surface area contributed by atoms with Crippen LogP contribution < -0.4 is 22.1 Å². The van der Waals surface area contributed by atoms with Gasteiger partial charge in [0.05, 0.1) is 17.8 Å². The Bertz CT molecular complexity index is 2320. The van der Waals surface area contributed by atoms with E-state index >= 15 is 0 Å². The highest BCUT2D eigenvalue weighted by atomic mass is 19.4. The van der Waals surface area contributed by atoms with Crippen molar-refractivity contribution in [2.45, 2.75) is 77.1 Å². The number of hydrogen-bond acceptors (Lipinski definition) is 10. The SMILES string of the molecule is CC(C)(C)[C@H](c1nc(-c2cc(F)ccc2F)cn1Cc1ccccc1)N(CC[C@H](N)C(=O)NCCC(=O)N[C@@H](Cc1ccc(N)cc1)C(=O)O)C(=O)CO.O=C(O)C(F)(F)F.O=C(O)C(F)(F)F. The number of rotatable bonds is 17. The number of imidazole rings is 1. The van der Waals surface area contributed by atoms with Gasteiger partial charge in [-0.2, -0.15) is 26.3 Å². The van der Waals surface area contributed by atoms with Crippen LogP contribution in [0.2, 0.25) is 0 Å². The molecule has 0 saturated heterocycles. The summed E-state index contributed by atoms with van der Waals surface area (Å²) < 4.78 is 94.5. The second kappa shape index (κ2) is 25.1. The Balaban J connectivity index is 0.000000982. The van der Waals surface area contributed by atoms with Crippen LogP contribution in [0.15, 0.2) is 79.0 Å². The smallest absolute Gasteiger partial charge is 0.480 e. The zero-order chi connectivity index (χ0) is 51.7. The summed E-state index contributed by atoms with van der Waals surface area (Å²) >= 11 is 0. The molecule has 4 rings (SSSR count). The standard InChI is InChI=1S/C39H47F2N7O6.2C2HF3O2/c1-39(2,3)35(36-46-32(28-20-26(40)11-14-29(28)41)22-47(36)21-25-7-5-4-6-8-25)48(34(51)23-49)18-16-30(43)37(52)44-17-15-33(50)45-31(38(53)54)19-24-9-12-27(42)13-10-24;2*3-2(4,5)1(6)7/h4-14,20,22,30-31,35,49H,15-19,21,23,42-43H2,1-3H3,(H,44,52)(H,45,50)(H,53,54);2*(H,6,7)/t30-,31-,35-;;/m0../s1. The highest BCUT2D eigenvalue weighted by Crippen LogP contribution is 2.39. The Labute approximate surface area is 382 Å². The highest BCUT2D eigenvalue weighted by Gasteiger charge is 2.40. The Morgan fingerprint density at radius 2 is 1.38 bits per heavy atom. The fourth-order valence-electron chi connectivity index (χ4n) is 6.06. The number of amides is 3. The van der Waals surface area contributed by atoms with Gasteiger partial charge in [-0.15, -0.1) is 0 Å². The number of hydrogen-bond donors (Lipinski definition) is 8. The first kappa shape index (κ1) is 57.0. The van der Waals surface area contributed by atoms with Crippen LogP contribution in [-0.4, -0.2) is 115 Å². The van der Waals surface area contributed by atoms with Crippen molar-refractivity contribution in [2.24, 2.45) is 11.1 Å². The molecule has 0 saturated carbocycles. The molecule has 3 amide bonds. The third-order valence-electron chi connectivity index (χ3n) is 9.25. The summed E-state index contributed by atoms with van der Waals surface area (Å²) in [6.07, 6.45) is -8.81. The summed E-state index contributed by atoms with van der Waals surface area (Å²) in [4.78, 5) is 74.6. The Kier molecular flexibility index (Phi) is 21.0. The molecule has 68 heavy (non-hydrogen) atoms. The van der Waals surface area contributed by atoms with Crippen molar-refractivity contribution in [1.29, 1.82) is 0 Å². The number of aliphatic hydroxyl groups is 1. The number of alkyl halides is 6. The van der Waals surface area contributed by atoms with Crippen molar-refractivity contribution in [3.05, 3.63) is 108 Å². The van der Waals surface area contributed by atoms with Gasteiger partial charge in [-0.25, -0.2) is 28.1 Å². The van der Waals surface area contributed by atoms with E-state index in [1.54, 1.807) is 35.0 Å². The minimum Gasteiger partial charge on any atom is -0.480 e. The normalized spacial score (nSPS) is 12.7. The number of anilines is 1. The molecule has 25 heteroatoms. The van der Waals surface area contributed by atoms with E-state index in [9.17, 15) is 64.5 Å². The molecule has 0 fully saturated rings. The summed E-state index contributed by atoms with van der Waals surface area (Å²) in [5, 5.41) is 38.9. The molecular formula is C43H49F8N7O10. The molecule has 372 valence electrons. The number of nitrogens with zero attached hydrogens (tertiary/aromatic N) is 3. The lowest BCUT2D eigenvalue weighted by atomic mass is 9.84. The van der Waals surface area contributed by atoms with Gasteiger partial charge >= 0.3 is 30.3 Å². The minimum absolute atomic E-state index is 0.0344. The van der Waals surface area contributed by atoms with Crippen LogP contribution in [0.5, 0.6) is 0 Å². The molecule has 0 spiro atoms. The second-order valence-electron chi connectivity index (χ2n) is 15.7. The van der Waals surface area contributed by atoms with Crippen LogP contribution in [0.4, 0.5) is 40.8 Å². The third kappa shape index (κ3) is 18.6. The largest absolute Gasteiger partial charge is 0.490 e. The van der Waals surface area contributed by atoms with Crippen LogP contribution in [0, 0.1) is 17.0 Å². The number of carbonyl (C=O) groups excluding carboxylic acids is 3. The summed E-state index contributed by atoms with van der Waals surface area (Å²) in [5.41, 5.74) is 13.3. The fraction of sp³-hybridized carbons (Fsp3) is 0.372. The van der Waals surface area contributed by atoms with E-state index < -0.39 is 89.8 Å². The van der Waals surface area contributed by atoms with E-state index in [1.807, 2.05) is 51.1 Å². The monoisotopic (exact) mass is 975 g/mol. The molecule has 0 radical (unpaired) electrons. The van der Waals surface area contributed by atoms with Crippen LogP contribution in [0.3, 0.4) is 0 Å². The molecule has 0 unspecified atom stereocenters. The van der Waals surface area contributed by atoms with Crippen molar-refractivity contribution in [3.63, 3.8) is 0 Å². The Hall–Kier alpha value is -7.15. The first-order valence-corrected chi connectivity index (χ1v) is 19.9. The zero-order valence-corrected chi connectivity index (χ0v) is 36.4. The minimum atomic E-state index is -5.08. The van der Waals surface area contributed by atoms with Crippen LogP contribution >= 0.6 is 0 Å². The molecule has 10 N–H and O–H groups in total. The molecule has 17 nitrogen and oxygen atoms in total. The van der Waals surface area contributed by atoms with E-state index in [2.05, 4.69) is 10.6 Å². The fourth-order valence-corrected chi connectivity index (χ4v) is 6.06. The van der Waals surface area contributed by atoms with Crippen LogP contribution in [0.1, 0.15) is 56.6 Å². The molecule has 1 aromatic heterocycles. The van der Waals surface area contributed by atoms with Gasteiger partial charge in [-0.05, 0) is 53.3 Å². The number of halogens is 8. The number of benzene rings is 3. The molecule has 1 heterocycles. The highest BCUT2D eigenvalue weighted by molar-refractivity contribution is 5.85. The van der Waals surface area contributed by atoms with E-state index in [0.29, 0.717) is 17.1 Å². The van der Waals surface area contributed by atoms with E-state index in [0.717, 1.165) is 23.8 Å². The molecule has 0 aliphatic rings. The van der Waals surface area contributed by atoms with Gasteiger partial charge in [0.1, 0.15) is 30.1 Å². The number of nitrogens with one attached hydrogen (secondary N) is 2. The maximum atomic E-state index is 15.0. The van der Waals surface area contributed by atoms with Crippen LogP contribution in [0.25, 0.3) is 11.3 Å². The van der Waals surface area contributed by atoms with E-state index in [4.69, 9.17) is 36.3 Å². The van der Waals surface area contributed by atoms with Crippen LogP contribution in [-0.2, 0) is 41.7 Å². The number of nitrogen functional groups attached to an aromatic ring is 1. The van der Waals surface area contributed by atoms with Gasteiger partial charge in [0.25, 0.3) is 0 Å². The summed E-state index contributed by atoms with van der Waals surface area (Å²) in [6, 6.07) is 15.9. The predicted octanol–water partition coefficient (Wildman–Crippen LogP) is 4.67. The average Bonchev–Trinajstić information content (AvgIpc) is 3.64. The maximum Gasteiger partial charge on any atom is 0.490 e. The molecule has 3 aromatic carbocycles. The van der Waals surface area contributed by atoms with Gasteiger partial charge in [0.15, 0.2) is 0 Å². The van der Waals surface area contributed by atoms with Gasteiger partial charge in [0.2, 0.25) is 17.7 Å². The van der Waals surface area contributed by atoms with Crippen molar-refractivity contribution in [1.82, 2.24) is 25.1 Å². The lowest BCUT2D eigenvalue weighted by Gasteiger charge is -2.40. The summed E-state index contributed by atoms with van der Waals surface area (Å²) in [6.45, 7) is 4.78. The van der Waals surface area contributed by atoms with Crippen molar-refractivity contribution < 1.29 is 84.3 Å². The number of carboxylic acids is 3. The number of carbonyl (C=O) groups is 6. The number of aliphatic hydroxyl groups excluding tert-OH is 1. The lowest BCUT2D eigenvalue weighted by Crippen LogP contribution is -2.48. The number of aromatic nitrogens is 2. The van der Waals surface area contributed by atoms with Gasteiger partial charge in [-0.1, -0.05) is 63.2 Å². The molecular weight excluding hydrogens is 926 g/mol. The topological polar surface area (TPSA) is 280 Å². The second-order valence-corrected chi connectivity index (χ2v) is 15.7. The quantitative estimate of drug-likeness (QED) is 0.0528. The predicted molar refractivity (Wildman–Crippen MR) is 226 cm³/mol.